The summed E-state index contributed by atoms with van der Waals surface area (Å²) in [6.07, 6.45) is -1.47. The second kappa shape index (κ2) is 9.62. The van der Waals surface area contributed by atoms with Crippen LogP contribution in [0, 0.1) is 35.0 Å². The molecule has 2 aliphatic heterocycles. The van der Waals surface area contributed by atoms with E-state index in [1.807, 2.05) is 6.92 Å². The minimum atomic E-state index is -0.970. The summed E-state index contributed by atoms with van der Waals surface area (Å²) in [5, 5.41) is 12.0. The van der Waals surface area contributed by atoms with Crippen LogP contribution in [0.1, 0.15) is 61.3 Å². The van der Waals surface area contributed by atoms with Crippen LogP contribution < -0.4 is 0 Å². The first-order valence-electron chi connectivity index (χ1n) is 12.7. The number of esters is 3. The summed E-state index contributed by atoms with van der Waals surface area (Å²) in [4.78, 5) is 36.3. The quantitative estimate of drug-likeness (QED) is 0.206. The Morgan fingerprint density at radius 1 is 0.972 bits per heavy atom. The Morgan fingerprint density at radius 2 is 1.53 bits per heavy atom. The summed E-state index contributed by atoms with van der Waals surface area (Å²) in [6.45, 7) is 12.4. The number of hydrogen-bond acceptors (Lipinski definition) is 8. The van der Waals surface area contributed by atoms with Crippen LogP contribution in [0.25, 0.3) is 0 Å². The zero-order valence-electron chi connectivity index (χ0n) is 22.0. The number of alkyl halides is 2. The zero-order chi connectivity index (χ0) is 27.0. The lowest BCUT2D eigenvalue weighted by Crippen LogP contribution is -2.80. The molecule has 1 N–H and O–H groups in total. The summed E-state index contributed by atoms with van der Waals surface area (Å²) in [5.74, 6) is -2.01. The molecule has 8 nitrogen and oxygen atoms in total. The molecule has 5 rings (SSSR count). The maximum absolute atomic E-state index is 12.3. The van der Waals surface area contributed by atoms with Crippen molar-refractivity contribution in [1.29, 1.82) is 0 Å². The lowest BCUT2D eigenvalue weighted by Gasteiger charge is -2.72. The van der Waals surface area contributed by atoms with Crippen molar-refractivity contribution >= 4 is 56.4 Å². The highest BCUT2D eigenvalue weighted by atomic mass is 127. The number of carbonyl (C=O) groups is 3. The monoisotopic (exact) mass is 684 g/mol. The second-order valence-electron chi connectivity index (χ2n) is 12.0. The Hall–Kier alpha value is -0.460. The van der Waals surface area contributed by atoms with Gasteiger partial charge in [-0.1, -0.05) is 52.4 Å². The van der Waals surface area contributed by atoms with Crippen LogP contribution >= 0.6 is 38.5 Å². The van der Waals surface area contributed by atoms with E-state index in [0.717, 1.165) is 0 Å². The third-order valence-corrected chi connectivity index (χ3v) is 12.5. The third-order valence-electron chi connectivity index (χ3n) is 9.60. The largest absolute Gasteiger partial charge is 0.462 e. The smallest absolute Gasteiger partial charge is 0.303 e. The van der Waals surface area contributed by atoms with Crippen molar-refractivity contribution in [2.24, 2.45) is 35.0 Å². The van der Waals surface area contributed by atoms with Gasteiger partial charge in [0.05, 0.1) is 17.3 Å². The number of hydrogen-bond donors (Lipinski definition) is 1. The molecule has 36 heavy (non-hydrogen) atoms. The van der Waals surface area contributed by atoms with Crippen molar-refractivity contribution in [2.75, 3.05) is 4.43 Å². The molecule has 0 aromatic rings. The summed E-state index contributed by atoms with van der Waals surface area (Å²) < 4.78 is 25.1. The molecule has 204 valence electrons. The number of ether oxygens (including phenoxy) is 4. The molecule has 3 aliphatic carbocycles. The summed E-state index contributed by atoms with van der Waals surface area (Å²) >= 11 is 6.20. The molecule has 10 heteroatoms. The van der Waals surface area contributed by atoms with Gasteiger partial charge in [-0.3, -0.25) is 14.4 Å². The normalized spacial score (nSPS) is 51.5. The van der Waals surface area contributed by atoms with E-state index in [1.165, 1.54) is 20.8 Å². The average molecular weight is 685 g/mol. The predicted molar refractivity (Wildman–Crippen MR) is 143 cm³/mol. The lowest BCUT2D eigenvalue weighted by molar-refractivity contribution is -0.364. The molecule has 0 aromatic carbocycles. The first kappa shape index (κ1) is 28.5. The molecule has 0 unspecified atom stereocenters. The van der Waals surface area contributed by atoms with E-state index >= 15 is 0 Å². The topological polar surface area (TPSA) is 108 Å². The van der Waals surface area contributed by atoms with Crippen LogP contribution in [0.15, 0.2) is 0 Å². The SMILES string of the molecule is CC(=O)O[C@@H]1C[C@@H](Br)[C@@]2(C)[C@@H]([C@@H]1C)[C@H]1[C@H]([C@@H](O)[C@@H]2OC(C)=O)[C@@]2(C)C[C@@H](OC(C)=O)[C@@H]1[C@](C)(CI)O2. The summed E-state index contributed by atoms with van der Waals surface area (Å²) in [5.41, 5.74) is -2.07. The molecule has 0 spiro atoms. The third kappa shape index (κ3) is 4.24. The summed E-state index contributed by atoms with van der Waals surface area (Å²) in [6, 6.07) is 0. The molecule has 5 fully saturated rings. The number of halogens is 2. The number of rotatable bonds is 4. The Bertz CT molecular complexity index is 932. The highest BCUT2D eigenvalue weighted by molar-refractivity contribution is 14.1. The highest BCUT2D eigenvalue weighted by Gasteiger charge is 2.76. The van der Waals surface area contributed by atoms with Crippen LogP contribution in [0.2, 0.25) is 0 Å². The van der Waals surface area contributed by atoms with Gasteiger partial charge in [0.1, 0.15) is 18.3 Å². The Morgan fingerprint density at radius 3 is 2.06 bits per heavy atom. The first-order chi connectivity index (χ1) is 16.6. The fraction of sp³-hybridized carbons (Fsp3) is 0.885. The number of fused-ring (bicyclic) bond motifs is 3. The van der Waals surface area contributed by atoms with Gasteiger partial charge in [0.2, 0.25) is 0 Å². The molecule has 2 bridgehead atoms. The Kier molecular flexibility index (Phi) is 7.63. The van der Waals surface area contributed by atoms with Gasteiger partial charge in [-0.25, -0.2) is 0 Å². The fourth-order valence-electron chi connectivity index (χ4n) is 8.64. The maximum Gasteiger partial charge on any atom is 0.303 e. The van der Waals surface area contributed by atoms with Crippen LogP contribution in [-0.2, 0) is 33.3 Å². The van der Waals surface area contributed by atoms with Gasteiger partial charge in [0.25, 0.3) is 0 Å². The van der Waals surface area contributed by atoms with E-state index in [4.69, 9.17) is 18.9 Å². The van der Waals surface area contributed by atoms with Gasteiger partial charge in [0, 0.05) is 53.7 Å². The van der Waals surface area contributed by atoms with E-state index < -0.39 is 34.8 Å². The van der Waals surface area contributed by atoms with Gasteiger partial charge in [-0.05, 0) is 38.0 Å². The average Bonchev–Trinajstić information content (AvgIpc) is 2.73. The van der Waals surface area contributed by atoms with Crippen molar-refractivity contribution < 1.29 is 38.4 Å². The molecule has 13 atom stereocenters. The second-order valence-corrected chi connectivity index (χ2v) is 13.8. The molecule has 0 radical (unpaired) electrons. The number of aliphatic hydroxyl groups excluding tert-OH is 1. The van der Waals surface area contributed by atoms with Crippen molar-refractivity contribution in [2.45, 2.75) is 102 Å². The van der Waals surface area contributed by atoms with Crippen LogP contribution in [0.4, 0.5) is 0 Å². The van der Waals surface area contributed by atoms with Crippen LogP contribution in [0.3, 0.4) is 0 Å². The van der Waals surface area contributed by atoms with Crippen molar-refractivity contribution in [3.8, 4) is 0 Å². The van der Waals surface area contributed by atoms with Crippen molar-refractivity contribution in [3.05, 3.63) is 0 Å². The molecule has 5 aliphatic rings. The van der Waals surface area contributed by atoms with Crippen molar-refractivity contribution in [1.82, 2.24) is 0 Å². The van der Waals surface area contributed by atoms with Crippen LogP contribution in [0.5, 0.6) is 0 Å². The predicted octanol–water partition coefficient (Wildman–Crippen LogP) is 3.82. The molecule has 0 amide bonds. The lowest BCUT2D eigenvalue weighted by atomic mass is 9.40. The van der Waals surface area contributed by atoms with Crippen LogP contribution in [-0.4, -0.2) is 67.9 Å². The van der Waals surface area contributed by atoms with E-state index in [1.54, 1.807) is 0 Å². The molecule has 0 aromatic heterocycles. The van der Waals surface area contributed by atoms with Gasteiger partial charge in [-0.15, -0.1) is 0 Å². The Labute approximate surface area is 235 Å². The molecule has 2 saturated heterocycles. The Balaban J connectivity index is 1.93. The van der Waals surface area contributed by atoms with Gasteiger partial charge in [-0.2, -0.15) is 0 Å². The van der Waals surface area contributed by atoms with E-state index in [2.05, 4.69) is 59.3 Å². The molecule has 2 heterocycles. The molecular weight excluding hydrogens is 647 g/mol. The summed E-state index contributed by atoms with van der Waals surface area (Å²) in [7, 11) is 0. The number of aliphatic hydroxyl groups is 1. The molecule has 3 saturated carbocycles. The number of carbonyl (C=O) groups excluding carboxylic acids is 3. The standard InChI is InChI=1S/C26H38BrIO8/c1-11-15(33-12(2)29)8-17(27)26(7)19(11)18-20-16(34-13(3)30)9-24(5,36-25(20,6)10-28)21(18)22(32)23(26)35-14(4)31/h11,15-23,32H,8-10H2,1-7H3/t11-,15-,16-,17-,18-,19+,20+,21-,22-,23+,24-,25+,26+/m1/s1. The van der Waals surface area contributed by atoms with Crippen molar-refractivity contribution in [3.63, 3.8) is 0 Å². The highest BCUT2D eigenvalue weighted by Crippen LogP contribution is 2.69. The first-order valence-corrected chi connectivity index (χ1v) is 15.1. The molecular formula is C26H38BrIO8. The van der Waals surface area contributed by atoms with E-state index in [0.29, 0.717) is 17.3 Å². The van der Waals surface area contributed by atoms with E-state index in [-0.39, 0.29) is 58.6 Å². The van der Waals surface area contributed by atoms with Gasteiger partial charge in [0.15, 0.2) is 0 Å². The van der Waals surface area contributed by atoms with E-state index in [9.17, 15) is 19.5 Å². The van der Waals surface area contributed by atoms with Gasteiger partial charge < -0.3 is 24.1 Å². The maximum atomic E-state index is 12.3. The minimum Gasteiger partial charge on any atom is -0.462 e. The fourth-order valence-corrected chi connectivity index (χ4v) is 10.2. The zero-order valence-corrected chi connectivity index (χ0v) is 25.7. The van der Waals surface area contributed by atoms with Gasteiger partial charge >= 0.3 is 17.9 Å². The minimum absolute atomic E-state index is 0.0925.